The summed E-state index contributed by atoms with van der Waals surface area (Å²) in [6.07, 6.45) is 4.34. The highest BCUT2D eigenvalue weighted by molar-refractivity contribution is 5.58. The molecule has 3 heteroatoms. The number of halogens is 1. The molecule has 19 heavy (non-hydrogen) atoms. The third kappa shape index (κ3) is 2.36. The van der Waals surface area contributed by atoms with Gasteiger partial charge in [-0.15, -0.1) is 0 Å². The van der Waals surface area contributed by atoms with Crippen molar-refractivity contribution in [2.45, 2.75) is 19.9 Å². The molecule has 98 valence electrons. The van der Waals surface area contributed by atoms with Gasteiger partial charge in [0.15, 0.2) is 5.52 Å². The highest BCUT2D eigenvalue weighted by Crippen LogP contribution is 2.19. The van der Waals surface area contributed by atoms with Gasteiger partial charge in [0.1, 0.15) is 6.20 Å². The Morgan fingerprint density at radius 1 is 0.947 bits per heavy atom. The monoisotopic (exact) mass is 272 g/mol. The summed E-state index contributed by atoms with van der Waals surface area (Å²) >= 11 is 0. The largest absolute Gasteiger partial charge is 1.00 e. The van der Waals surface area contributed by atoms with E-state index in [-0.39, 0.29) is 12.4 Å². The minimum atomic E-state index is 0. The van der Waals surface area contributed by atoms with E-state index in [1.54, 1.807) is 0 Å². The van der Waals surface area contributed by atoms with Gasteiger partial charge in [0.25, 0.3) is 5.82 Å². The van der Waals surface area contributed by atoms with E-state index in [2.05, 4.69) is 83.7 Å². The number of hydrogen-bond donors (Lipinski definition) is 0. The van der Waals surface area contributed by atoms with Crippen LogP contribution in [0.25, 0.3) is 16.9 Å². The Labute approximate surface area is 119 Å². The van der Waals surface area contributed by atoms with E-state index in [1.807, 2.05) is 0 Å². The van der Waals surface area contributed by atoms with Crippen LogP contribution in [-0.2, 0) is 0 Å². The molecule has 0 saturated heterocycles. The summed E-state index contributed by atoms with van der Waals surface area (Å²) in [6, 6.07) is 17.3. The zero-order chi connectivity index (χ0) is 12.5. The topological polar surface area (TPSA) is 8.29 Å². The van der Waals surface area contributed by atoms with Gasteiger partial charge in [0.2, 0.25) is 0 Å². The van der Waals surface area contributed by atoms with Gasteiger partial charge in [-0.3, -0.25) is 0 Å². The summed E-state index contributed by atoms with van der Waals surface area (Å²) in [4.78, 5) is 0. The maximum Gasteiger partial charge on any atom is 0.294 e. The Morgan fingerprint density at radius 3 is 2.32 bits per heavy atom. The number of imidazole rings is 1. The van der Waals surface area contributed by atoms with Crippen molar-refractivity contribution in [3.05, 3.63) is 60.9 Å². The van der Waals surface area contributed by atoms with E-state index in [4.69, 9.17) is 0 Å². The van der Waals surface area contributed by atoms with Crippen LogP contribution in [-0.4, -0.2) is 4.40 Å². The summed E-state index contributed by atoms with van der Waals surface area (Å²) in [7, 11) is 0. The van der Waals surface area contributed by atoms with Crippen molar-refractivity contribution < 1.29 is 17.0 Å². The van der Waals surface area contributed by atoms with E-state index < -0.39 is 0 Å². The number of benzene rings is 1. The predicted molar refractivity (Wildman–Crippen MR) is 73.4 cm³/mol. The van der Waals surface area contributed by atoms with Crippen molar-refractivity contribution in [1.29, 1.82) is 0 Å². The van der Waals surface area contributed by atoms with E-state index in [0.29, 0.717) is 6.04 Å². The van der Waals surface area contributed by atoms with Gasteiger partial charge < -0.3 is 12.4 Å². The maximum absolute atomic E-state index is 2.32. The smallest absolute Gasteiger partial charge is 0.294 e. The summed E-state index contributed by atoms with van der Waals surface area (Å²) in [5.74, 6) is 1.24. The molecule has 2 aromatic heterocycles. The van der Waals surface area contributed by atoms with Gasteiger partial charge in [-0.05, 0) is 38.1 Å². The second-order valence-electron chi connectivity index (χ2n) is 4.82. The Hall–Kier alpha value is -1.80. The Kier molecular flexibility index (Phi) is 3.91. The molecular formula is C16H17ClN2. The summed E-state index contributed by atoms with van der Waals surface area (Å²) in [5, 5.41) is 0. The molecule has 0 unspecified atom stereocenters. The molecule has 2 nitrogen and oxygen atoms in total. The van der Waals surface area contributed by atoms with Crippen molar-refractivity contribution in [3.63, 3.8) is 0 Å². The number of fused-ring (bicyclic) bond motifs is 1. The van der Waals surface area contributed by atoms with Gasteiger partial charge in [-0.25, -0.2) is 4.57 Å². The van der Waals surface area contributed by atoms with Crippen LogP contribution in [0.5, 0.6) is 0 Å². The molecule has 0 aliphatic carbocycles. The van der Waals surface area contributed by atoms with Crippen LogP contribution in [0.1, 0.15) is 19.9 Å². The Bertz CT molecular complexity index is 672. The maximum atomic E-state index is 2.32. The lowest BCUT2D eigenvalue weighted by atomic mass is 10.2. The molecule has 3 rings (SSSR count). The SMILES string of the molecule is CC(C)[n+]1cc2ccccn2c1-c1ccccc1.[Cl-]. The average Bonchev–Trinajstić information content (AvgIpc) is 2.79. The lowest BCUT2D eigenvalue weighted by Gasteiger charge is -2.04. The third-order valence-corrected chi connectivity index (χ3v) is 3.22. The molecular weight excluding hydrogens is 256 g/mol. The number of rotatable bonds is 2. The highest BCUT2D eigenvalue weighted by atomic mass is 35.5. The van der Waals surface area contributed by atoms with Crippen LogP contribution in [0.2, 0.25) is 0 Å². The first-order valence-electron chi connectivity index (χ1n) is 6.34. The van der Waals surface area contributed by atoms with Crippen molar-refractivity contribution in [2.24, 2.45) is 0 Å². The molecule has 0 aliphatic rings. The van der Waals surface area contributed by atoms with E-state index in [9.17, 15) is 0 Å². The molecule has 0 aliphatic heterocycles. The van der Waals surface area contributed by atoms with E-state index >= 15 is 0 Å². The number of pyridine rings is 1. The van der Waals surface area contributed by atoms with Gasteiger partial charge in [0, 0.05) is 0 Å². The number of aromatic nitrogens is 2. The lowest BCUT2D eigenvalue weighted by Crippen LogP contribution is -3.00. The van der Waals surface area contributed by atoms with Gasteiger partial charge in [-0.2, -0.15) is 4.40 Å². The molecule has 1 aromatic carbocycles. The third-order valence-electron chi connectivity index (χ3n) is 3.22. The summed E-state index contributed by atoms with van der Waals surface area (Å²) in [5.41, 5.74) is 2.47. The van der Waals surface area contributed by atoms with E-state index in [1.165, 1.54) is 16.9 Å². The molecule has 0 N–H and O–H groups in total. The van der Waals surface area contributed by atoms with Crippen LogP contribution in [0, 0.1) is 0 Å². The lowest BCUT2D eigenvalue weighted by molar-refractivity contribution is -0.704. The molecule has 0 atom stereocenters. The minimum Gasteiger partial charge on any atom is -1.00 e. The fraction of sp³-hybridized carbons (Fsp3) is 0.188. The fourth-order valence-corrected chi connectivity index (χ4v) is 2.35. The van der Waals surface area contributed by atoms with Crippen molar-refractivity contribution >= 4 is 5.52 Å². The molecule has 0 saturated carbocycles. The van der Waals surface area contributed by atoms with Gasteiger partial charge in [-0.1, -0.05) is 24.3 Å². The standard InChI is InChI=1S/C16H17N2.ClH/c1-13(2)18-12-15-10-6-7-11-17(15)16(18)14-8-4-3-5-9-14;/h3-13H,1-2H3;1H/q+1;/p-1. The van der Waals surface area contributed by atoms with Gasteiger partial charge in [0.05, 0.1) is 17.8 Å². The number of nitrogens with zero attached hydrogens (tertiary/aromatic N) is 2. The Morgan fingerprint density at radius 2 is 1.63 bits per heavy atom. The average molecular weight is 273 g/mol. The molecule has 3 aromatic rings. The first-order valence-corrected chi connectivity index (χ1v) is 6.34. The van der Waals surface area contributed by atoms with Crippen molar-refractivity contribution in [1.82, 2.24) is 4.40 Å². The van der Waals surface area contributed by atoms with Crippen LogP contribution in [0.15, 0.2) is 60.9 Å². The Balaban J connectivity index is 0.00000133. The van der Waals surface area contributed by atoms with Crippen LogP contribution >= 0.6 is 0 Å². The zero-order valence-corrected chi connectivity index (χ0v) is 11.9. The van der Waals surface area contributed by atoms with E-state index in [0.717, 1.165) is 0 Å². The first-order chi connectivity index (χ1) is 8.77. The first kappa shape index (κ1) is 13.6. The molecule has 0 bridgehead atoms. The van der Waals surface area contributed by atoms with Crippen molar-refractivity contribution in [2.75, 3.05) is 0 Å². The quantitative estimate of drug-likeness (QED) is 0.600. The predicted octanol–water partition coefficient (Wildman–Crippen LogP) is 0.479. The second kappa shape index (κ2) is 5.45. The van der Waals surface area contributed by atoms with Crippen LogP contribution in [0.4, 0.5) is 0 Å². The zero-order valence-electron chi connectivity index (χ0n) is 11.1. The molecule has 0 amide bonds. The second-order valence-corrected chi connectivity index (χ2v) is 4.82. The molecule has 0 spiro atoms. The minimum absolute atomic E-state index is 0. The molecule has 0 fully saturated rings. The molecule has 2 heterocycles. The molecule has 0 radical (unpaired) electrons. The normalized spacial score (nSPS) is 10.7. The van der Waals surface area contributed by atoms with Crippen LogP contribution in [0.3, 0.4) is 0 Å². The van der Waals surface area contributed by atoms with Crippen molar-refractivity contribution in [3.8, 4) is 11.4 Å². The van der Waals surface area contributed by atoms with Gasteiger partial charge >= 0.3 is 0 Å². The summed E-state index contributed by atoms with van der Waals surface area (Å²) in [6.45, 7) is 4.43. The summed E-state index contributed by atoms with van der Waals surface area (Å²) < 4.78 is 4.57. The highest BCUT2D eigenvalue weighted by Gasteiger charge is 2.21. The van der Waals surface area contributed by atoms with Crippen LogP contribution < -0.4 is 17.0 Å². The number of hydrogen-bond acceptors (Lipinski definition) is 0. The fourth-order valence-electron chi connectivity index (χ4n) is 2.35.